The lowest BCUT2D eigenvalue weighted by molar-refractivity contribution is -0.114. The number of carbonyl (C=O) groups is 4. The smallest absolute Gasteiger partial charge is 0.339 e. The van der Waals surface area contributed by atoms with Crippen molar-refractivity contribution in [2.24, 2.45) is 0 Å². The Hall–Kier alpha value is -5.35. The Bertz CT molecular complexity index is 1650. The molecule has 0 radical (unpaired) electrons. The third-order valence-electron chi connectivity index (χ3n) is 6.34. The molecule has 0 heterocycles. The molecule has 9 nitrogen and oxygen atoms in total. The van der Waals surface area contributed by atoms with Crippen LogP contribution in [0.4, 0.5) is 17.1 Å². The summed E-state index contributed by atoms with van der Waals surface area (Å²) < 4.78 is 4.77. The van der Waals surface area contributed by atoms with Crippen molar-refractivity contribution >= 4 is 58.6 Å². The van der Waals surface area contributed by atoms with Crippen molar-refractivity contribution in [3.05, 3.63) is 126 Å². The highest BCUT2D eigenvalue weighted by atomic mass is 32.2. The molecule has 0 aliphatic rings. The number of para-hydroxylation sites is 1. The van der Waals surface area contributed by atoms with Crippen LogP contribution in [-0.4, -0.2) is 50.6 Å². The number of anilines is 3. The van der Waals surface area contributed by atoms with Crippen LogP contribution in [-0.2, 0) is 14.3 Å². The van der Waals surface area contributed by atoms with Gasteiger partial charge in [-0.25, -0.2) is 4.79 Å². The molecular formula is C34H32N4O5S. The van der Waals surface area contributed by atoms with Crippen LogP contribution in [0.15, 0.2) is 114 Å². The van der Waals surface area contributed by atoms with Crippen LogP contribution in [0.1, 0.15) is 26.3 Å². The molecule has 0 spiro atoms. The van der Waals surface area contributed by atoms with Gasteiger partial charge in [-0.05, 0) is 72.3 Å². The number of benzene rings is 4. The zero-order valence-electron chi connectivity index (χ0n) is 24.5. The second kappa shape index (κ2) is 15.2. The molecule has 4 rings (SSSR count). The molecule has 224 valence electrons. The second-order valence-corrected chi connectivity index (χ2v) is 10.8. The van der Waals surface area contributed by atoms with Crippen LogP contribution in [0.25, 0.3) is 6.08 Å². The van der Waals surface area contributed by atoms with Crippen LogP contribution < -0.4 is 20.9 Å². The summed E-state index contributed by atoms with van der Waals surface area (Å²) in [5.74, 6) is -1.62. The summed E-state index contributed by atoms with van der Waals surface area (Å²) in [6.07, 6.45) is 1.62. The third kappa shape index (κ3) is 8.83. The average molecular weight is 609 g/mol. The number of methoxy groups -OCH3 is 1. The topological polar surface area (TPSA) is 117 Å². The first-order valence-electron chi connectivity index (χ1n) is 13.6. The minimum absolute atomic E-state index is 0.0822. The first-order valence-corrected chi connectivity index (χ1v) is 14.6. The predicted molar refractivity (Wildman–Crippen MR) is 175 cm³/mol. The predicted octanol–water partition coefficient (Wildman–Crippen LogP) is 5.68. The fourth-order valence-electron chi connectivity index (χ4n) is 4.03. The lowest BCUT2D eigenvalue weighted by Gasteiger charge is -2.13. The molecule has 4 aromatic rings. The summed E-state index contributed by atoms with van der Waals surface area (Å²) in [6.45, 7) is 0. The Morgan fingerprint density at radius 1 is 0.795 bits per heavy atom. The van der Waals surface area contributed by atoms with Crippen molar-refractivity contribution < 1.29 is 23.9 Å². The van der Waals surface area contributed by atoms with E-state index in [0.29, 0.717) is 16.9 Å². The minimum Gasteiger partial charge on any atom is -0.465 e. The van der Waals surface area contributed by atoms with Gasteiger partial charge in [0.25, 0.3) is 11.8 Å². The maximum atomic E-state index is 13.3. The fourth-order valence-corrected chi connectivity index (χ4v) is 4.72. The van der Waals surface area contributed by atoms with Gasteiger partial charge >= 0.3 is 5.97 Å². The van der Waals surface area contributed by atoms with Gasteiger partial charge < -0.3 is 25.6 Å². The summed E-state index contributed by atoms with van der Waals surface area (Å²) in [4.78, 5) is 53.5. The van der Waals surface area contributed by atoms with Gasteiger partial charge in [-0.2, -0.15) is 0 Å². The Morgan fingerprint density at radius 3 is 2.11 bits per heavy atom. The van der Waals surface area contributed by atoms with E-state index in [9.17, 15) is 19.2 Å². The summed E-state index contributed by atoms with van der Waals surface area (Å²) in [5, 5.41) is 8.31. The molecular weight excluding hydrogens is 576 g/mol. The number of rotatable bonds is 11. The van der Waals surface area contributed by atoms with Crippen LogP contribution in [0.3, 0.4) is 0 Å². The lowest BCUT2D eigenvalue weighted by Crippen LogP contribution is -2.30. The maximum Gasteiger partial charge on any atom is 0.339 e. The molecule has 0 unspecified atom stereocenters. The van der Waals surface area contributed by atoms with E-state index in [1.807, 2.05) is 49.3 Å². The van der Waals surface area contributed by atoms with Gasteiger partial charge in [-0.15, -0.1) is 11.8 Å². The Balaban J connectivity index is 1.41. The van der Waals surface area contributed by atoms with Crippen LogP contribution in [0, 0.1) is 0 Å². The van der Waals surface area contributed by atoms with E-state index in [2.05, 4.69) is 16.0 Å². The van der Waals surface area contributed by atoms with Crippen LogP contribution in [0.2, 0.25) is 0 Å². The maximum absolute atomic E-state index is 13.3. The van der Waals surface area contributed by atoms with E-state index in [4.69, 9.17) is 4.74 Å². The zero-order valence-corrected chi connectivity index (χ0v) is 25.3. The molecule has 44 heavy (non-hydrogen) atoms. The van der Waals surface area contributed by atoms with Crippen LogP contribution >= 0.6 is 11.8 Å². The third-order valence-corrected chi connectivity index (χ3v) is 7.35. The number of nitrogens with zero attached hydrogens (tertiary/aromatic N) is 1. The Labute approximate surface area is 260 Å². The molecule has 0 aliphatic heterocycles. The first-order chi connectivity index (χ1) is 21.2. The number of esters is 1. The molecule has 3 N–H and O–H groups in total. The van der Waals surface area contributed by atoms with E-state index < -0.39 is 17.8 Å². The van der Waals surface area contributed by atoms with Gasteiger partial charge in [0.2, 0.25) is 5.91 Å². The van der Waals surface area contributed by atoms with Gasteiger partial charge in [0.15, 0.2) is 0 Å². The number of amides is 3. The number of hydrogen-bond donors (Lipinski definition) is 3. The number of thioether (sulfide) groups is 1. The van der Waals surface area contributed by atoms with Crippen molar-refractivity contribution in [1.29, 1.82) is 0 Å². The molecule has 0 aromatic heterocycles. The van der Waals surface area contributed by atoms with Gasteiger partial charge in [-0.1, -0.05) is 42.5 Å². The molecule has 10 heteroatoms. The van der Waals surface area contributed by atoms with Gasteiger partial charge in [-0.3, -0.25) is 14.4 Å². The molecule has 0 fully saturated rings. The standard InChI is InChI=1S/C34H32N4O5S/c1-38(2)26-17-13-23(14-18-26)21-30(37-32(40)24-9-5-4-6-10-24)33(41)35-25-15-19-27(20-16-25)44-22-31(39)36-29-12-8-7-11-28(29)34(42)43-3/h4-21H,22H2,1-3H3,(H,35,41)(H,36,39)(H,37,40)/b30-21-. The van der Waals surface area contributed by atoms with Crippen molar-refractivity contribution in [2.75, 3.05) is 42.5 Å². The highest BCUT2D eigenvalue weighted by Crippen LogP contribution is 2.22. The van der Waals surface area contributed by atoms with E-state index in [-0.39, 0.29) is 22.9 Å². The number of ether oxygens (including phenoxy) is 1. The van der Waals surface area contributed by atoms with Gasteiger partial charge in [0, 0.05) is 35.9 Å². The van der Waals surface area contributed by atoms with E-state index in [1.165, 1.54) is 18.9 Å². The summed E-state index contributed by atoms with van der Waals surface area (Å²) in [6, 6.07) is 29.9. The normalized spacial score (nSPS) is 10.8. The van der Waals surface area contributed by atoms with Gasteiger partial charge in [0.05, 0.1) is 24.1 Å². The quantitative estimate of drug-likeness (QED) is 0.114. The molecule has 0 atom stereocenters. The number of nitrogens with one attached hydrogen (secondary N) is 3. The van der Waals surface area contributed by atoms with Crippen molar-refractivity contribution in [3.63, 3.8) is 0 Å². The van der Waals surface area contributed by atoms with E-state index in [1.54, 1.807) is 78.9 Å². The average Bonchev–Trinajstić information content (AvgIpc) is 3.04. The largest absolute Gasteiger partial charge is 0.465 e. The zero-order chi connectivity index (χ0) is 31.5. The summed E-state index contributed by atoms with van der Waals surface area (Å²) >= 11 is 1.30. The van der Waals surface area contributed by atoms with Crippen molar-refractivity contribution in [2.45, 2.75) is 4.90 Å². The van der Waals surface area contributed by atoms with Gasteiger partial charge in [0.1, 0.15) is 5.70 Å². The molecule has 3 amide bonds. The lowest BCUT2D eigenvalue weighted by atomic mass is 10.1. The first kappa shape index (κ1) is 31.6. The highest BCUT2D eigenvalue weighted by Gasteiger charge is 2.16. The second-order valence-electron chi connectivity index (χ2n) is 9.72. The molecule has 4 aromatic carbocycles. The summed E-state index contributed by atoms with van der Waals surface area (Å²) in [5.41, 5.74) is 3.41. The monoisotopic (exact) mass is 608 g/mol. The number of hydrogen-bond acceptors (Lipinski definition) is 7. The summed E-state index contributed by atoms with van der Waals surface area (Å²) in [7, 11) is 5.16. The Morgan fingerprint density at radius 2 is 1.45 bits per heavy atom. The van der Waals surface area contributed by atoms with Crippen molar-refractivity contribution in [3.8, 4) is 0 Å². The van der Waals surface area contributed by atoms with E-state index in [0.717, 1.165) is 16.1 Å². The number of carbonyl (C=O) groups excluding carboxylic acids is 4. The van der Waals surface area contributed by atoms with Crippen molar-refractivity contribution in [1.82, 2.24) is 5.32 Å². The molecule has 0 bridgehead atoms. The highest BCUT2D eigenvalue weighted by molar-refractivity contribution is 8.00. The van der Waals surface area contributed by atoms with Crippen LogP contribution in [0.5, 0.6) is 0 Å². The minimum atomic E-state index is -0.536. The SMILES string of the molecule is COC(=O)c1ccccc1NC(=O)CSc1ccc(NC(=O)/C(=C/c2ccc(N(C)C)cc2)NC(=O)c2ccccc2)cc1. The molecule has 0 aliphatic carbocycles. The van der Waals surface area contributed by atoms with E-state index >= 15 is 0 Å². The fraction of sp³-hybridized carbons (Fsp3) is 0.118. The molecule has 0 saturated heterocycles. The molecule has 0 saturated carbocycles. The Kier molecular flexibility index (Phi) is 10.9.